The van der Waals surface area contributed by atoms with Crippen molar-refractivity contribution < 1.29 is 13.8 Å². The highest BCUT2D eigenvalue weighted by Crippen LogP contribution is 2.63. The molecule has 0 aliphatic heterocycles. The van der Waals surface area contributed by atoms with Crippen LogP contribution in [0.25, 0.3) is 0 Å². The maximum atomic E-state index is 11.8. The van der Waals surface area contributed by atoms with E-state index < -0.39 is 11.6 Å². The third kappa shape index (κ3) is 4.32. The van der Waals surface area contributed by atoms with Gasteiger partial charge in [0.05, 0.1) is 12.2 Å². The molecule has 102 valence electrons. The molecule has 0 aromatic rings. The van der Waals surface area contributed by atoms with Crippen molar-refractivity contribution in [2.75, 3.05) is 0 Å². The Balaban J connectivity index is 5.42. The van der Waals surface area contributed by atoms with E-state index in [-0.39, 0.29) is 17.3 Å². The van der Waals surface area contributed by atoms with E-state index in [9.17, 15) is 4.79 Å². The minimum atomic E-state index is -2.70. The minimum Gasteiger partial charge on any atom is -0.326 e. The zero-order chi connectivity index (χ0) is 13.9. The molecule has 0 aromatic carbocycles. The number of hydrogen-bond donors (Lipinski definition) is 1. The van der Waals surface area contributed by atoms with Crippen molar-refractivity contribution in [2.45, 2.75) is 65.3 Å². The summed E-state index contributed by atoms with van der Waals surface area (Å²) in [5.74, 6) is 0. The summed E-state index contributed by atoms with van der Waals surface area (Å²) in [4.78, 5) is 11.8. The van der Waals surface area contributed by atoms with Crippen LogP contribution in [0.5, 0.6) is 0 Å². The number of rotatable bonds is 7. The lowest BCUT2D eigenvalue weighted by molar-refractivity contribution is -0.113. The van der Waals surface area contributed by atoms with Crippen molar-refractivity contribution in [1.82, 2.24) is 0 Å². The second kappa shape index (κ2) is 6.67. The summed E-state index contributed by atoms with van der Waals surface area (Å²) >= 11 is 9.52. The Morgan fingerprint density at radius 3 is 1.82 bits per heavy atom. The Morgan fingerprint density at radius 2 is 1.65 bits per heavy atom. The lowest BCUT2D eigenvalue weighted by Gasteiger charge is -2.38. The van der Waals surface area contributed by atoms with E-state index >= 15 is 0 Å². The van der Waals surface area contributed by atoms with Crippen LogP contribution in [0.4, 0.5) is 0 Å². The summed E-state index contributed by atoms with van der Waals surface area (Å²) in [7, 11) is 0. The van der Waals surface area contributed by atoms with Gasteiger partial charge in [0.2, 0.25) is 11.6 Å². The molecule has 0 saturated heterocycles. The van der Waals surface area contributed by atoms with E-state index in [4.69, 9.17) is 20.9 Å². The molecule has 1 atom stereocenters. The Hall–Kier alpha value is 0.590. The molecule has 3 nitrogen and oxygen atoms in total. The summed E-state index contributed by atoms with van der Waals surface area (Å²) in [6.45, 7) is 8.56. The van der Waals surface area contributed by atoms with Crippen LogP contribution in [0, 0.1) is 0 Å². The Morgan fingerprint density at radius 1 is 1.29 bits per heavy atom. The van der Waals surface area contributed by atoms with Crippen molar-refractivity contribution in [1.29, 1.82) is 0 Å². The second-order valence-electron chi connectivity index (χ2n) is 4.74. The molecular weight excluding hydrogens is 275 g/mol. The van der Waals surface area contributed by atoms with Gasteiger partial charge in [-0.25, -0.2) is 0 Å². The topological polar surface area (TPSA) is 35.5 Å². The normalized spacial score (nSPS) is 16.3. The molecule has 0 radical (unpaired) electrons. The lowest BCUT2D eigenvalue weighted by atomic mass is 10.1. The molecule has 1 unspecified atom stereocenters. The van der Waals surface area contributed by atoms with Crippen molar-refractivity contribution in [2.24, 2.45) is 0 Å². The molecule has 0 rings (SSSR count). The van der Waals surface area contributed by atoms with Gasteiger partial charge in [-0.1, -0.05) is 6.92 Å². The summed E-state index contributed by atoms with van der Waals surface area (Å²) in [5, 5.41) is -1.09. The van der Waals surface area contributed by atoms with Crippen molar-refractivity contribution >= 4 is 36.0 Å². The molecule has 0 spiro atoms. The van der Waals surface area contributed by atoms with Gasteiger partial charge in [0.1, 0.15) is 5.16 Å². The molecule has 0 saturated carbocycles. The van der Waals surface area contributed by atoms with Gasteiger partial charge >= 0.3 is 0 Å². The molecular formula is C11H23O3PS2. The van der Waals surface area contributed by atoms with E-state index in [0.717, 1.165) is 0 Å². The molecule has 0 aromatic heterocycles. The van der Waals surface area contributed by atoms with Crippen LogP contribution in [-0.2, 0) is 25.6 Å². The van der Waals surface area contributed by atoms with Gasteiger partial charge in [-0.3, -0.25) is 4.79 Å². The largest absolute Gasteiger partial charge is 0.326 e. The van der Waals surface area contributed by atoms with Gasteiger partial charge in [-0.2, -0.15) is 0 Å². The molecule has 0 aliphatic carbocycles. The van der Waals surface area contributed by atoms with Crippen LogP contribution in [0.2, 0.25) is 0 Å². The maximum Gasteiger partial charge on any atom is 0.203 e. The zero-order valence-corrected chi connectivity index (χ0v) is 14.0. The average molecular weight is 298 g/mol. The highest BCUT2D eigenvalue weighted by molar-refractivity contribution is 8.12. The molecule has 0 amide bonds. The standard InChI is InChI=1S/C11H23O3PS2/c1-7-11(6,10(12)16)15(17,13-8(2)3)14-9(4)5/h8-9H,7H2,1-6H3,(H,12,16). The smallest absolute Gasteiger partial charge is 0.203 e. The van der Waals surface area contributed by atoms with Gasteiger partial charge < -0.3 is 9.05 Å². The number of hydrogen-bond acceptors (Lipinski definition) is 4. The van der Waals surface area contributed by atoms with Crippen LogP contribution in [0.3, 0.4) is 0 Å². The SMILES string of the molecule is CCC(C)(C(=O)S)P(=S)(OC(C)C)OC(C)C. The van der Waals surface area contributed by atoms with E-state index in [1.54, 1.807) is 6.92 Å². The minimum absolute atomic E-state index is 0.0712. The highest BCUT2D eigenvalue weighted by atomic mass is 32.5. The monoisotopic (exact) mass is 298 g/mol. The van der Waals surface area contributed by atoms with Crippen LogP contribution in [0.15, 0.2) is 0 Å². The lowest BCUT2D eigenvalue weighted by Crippen LogP contribution is -2.34. The molecule has 0 aliphatic rings. The van der Waals surface area contributed by atoms with Gasteiger partial charge in [0.25, 0.3) is 0 Å². The molecule has 0 bridgehead atoms. The Bertz CT molecular complexity index is 304. The molecule has 0 heterocycles. The fourth-order valence-electron chi connectivity index (χ4n) is 1.27. The second-order valence-corrected chi connectivity index (χ2v) is 8.99. The van der Waals surface area contributed by atoms with Crippen molar-refractivity contribution in [3.63, 3.8) is 0 Å². The van der Waals surface area contributed by atoms with E-state index in [2.05, 4.69) is 12.6 Å². The predicted molar refractivity (Wildman–Crippen MR) is 79.4 cm³/mol. The summed E-state index contributed by atoms with van der Waals surface area (Å²) in [5.41, 5.74) is 0. The molecule has 0 N–H and O–H groups in total. The quantitative estimate of drug-likeness (QED) is 0.573. The molecule has 6 heteroatoms. The number of carbonyl (C=O) groups is 1. The molecule has 0 fully saturated rings. The van der Waals surface area contributed by atoms with E-state index in [0.29, 0.717) is 6.42 Å². The molecule has 17 heavy (non-hydrogen) atoms. The summed E-state index contributed by atoms with van der Waals surface area (Å²) in [6, 6.07) is 0. The van der Waals surface area contributed by atoms with Gasteiger partial charge in [-0.05, 0) is 52.8 Å². The van der Waals surface area contributed by atoms with Crippen LogP contribution in [0.1, 0.15) is 48.0 Å². The Labute approximate surface area is 115 Å². The van der Waals surface area contributed by atoms with Crippen LogP contribution in [-0.4, -0.2) is 22.5 Å². The van der Waals surface area contributed by atoms with Gasteiger partial charge in [0, 0.05) is 0 Å². The summed E-state index contributed by atoms with van der Waals surface area (Å²) in [6.07, 6.45) is 0.419. The first-order chi connectivity index (χ1) is 7.59. The highest BCUT2D eigenvalue weighted by Gasteiger charge is 2.47. The van der Waals surface area contributed by atoms with Gasteiger partial charge in [-0.15, -0.1) is 12.6 Å². The number of thiol groups is 1. The third-order valence-electron chi connectivity index (χ3n) is 2.45. The first-order valence-corrected chi connectivity index (χ1v) is 8.88. The van der Waals surface area contributed by atoms with Crippen molar-refractivity contribution in [3.05, 3.63) is 0 Å². The fraction of sp³-hybridized carbons (Fsp3) is 0.909. The first-order valence-electron chi connectivity index (χ1n) is 5.79. The average Bonchev–Trinajstić information content (AvgIpc) is 2.12. The Kier molecular flexibility index (Phi) is 6.90. The third-order valence-corrected chi connectivity index (χ3v) is 7.97. The van der Waals surface area contributed by atoms with Crippen LogP contribution < -0.4 is 0 Å². The van der Waals surface area contributed by atoms with E-state index in [1.807, 2.05) is 34.6 Å². The van der Waals surface area contributed by atoms with E-state index in [1.165, 1.54) is 0 Å². The first kappa shape index (κ1) is 17.6. The van der Waals surface area contributed by atoms with Crippen LogP contribution >= 0.6 is 19.1 Å². The van der Waals surface area contributed by atoms with Gasteiger partial charge in [0.15, 0.2) is 0 Å². The van der Waals surface area contributed by atoms with Crippen molar-refractivity contribution in [3.8, 4) is 0 Å². The number of carbonyl (C=O) groups excluding carboxylic acids is 1. The zero-order valence-electron chi connectivity index (χ0n) is 11.4. The predicted octanol–water partition coefficient (Wildman–Crippen LogP) is 3.77. The summed E-state index contributed by atoms with van der Waals surface area (Å²) < 4.78 is 11.6. The fourth-order valence-corrected chi connectivity index (χ4v) is 5.95. The maximum absolute atomic E-state index is 11.8.